The highest BCUT2D eigenvalue weighted by Gasteiger charge is 2.41. The van der Waals surface area contributed by atoms with Gasteiger partial charge in [0.25, 0.3) is 0 Å². The van der Waals surface area contributed by atoms with Gasteiger partial charge in [-0.2, -0.15) is 0 Å². The third-order valence-electron chi connectivity index (χ3n) is 5.78. The second kappa shape index (κ2) is 5.53. The number of fused-ring (bicyclic) bond motifs is 3. The lowest BCUT2D eigenvalue weighted by molar-refractivity contribution is -0.136. The maximum absolute atomic E-state index is 12.6. The Labute approximate surface area is 131 Å². The van der Waals surface area contributed by atoms with Gasteiger partial charge in [-0.25, -0.2) is 0 Å². The van der Waals surface area contributed by atoms with Crippen LogP contribution in [-0.2, 0) is 22.4 Å². The van der Waals surface area contributed by atoms with Gasteiger partial charge in [0.15, 0.2) is 0 Å². The molecule has 1 aromatic carbocycles. The molecule has 3 nitrogen and oxygen atoms in total. The van der Waals surface area contributed by atoms with Crippen LogP contribution in [0.4, 0.5) is 5.69 Å². The summed E-state index contributed by atoms with van der Waals surface area (Å²) in [6, 6.07) is 6.31. The number of nitrogens with one attached hydrogen (secondary N) is 1. The molecule has 1 aromatic rings. The molecule has 116 valence electrons. The Morgan fingerprint density at radius 1 is 1.00 bits per heavy atom. The lowest BCUT2D eigenvalue weighted by atomic mass is 9.67. The van der Waals surface area contributed by atoms with Crippen molar-refractivity contribution in [1.82, 2.24) is 0 Å². The second-order valence-electron chi connectivity index (χ2n) is 7.22. The van der Waals surface area contributed by atoms with Gasteiger partial charge in [-0.05, 0) is 68.2 Å². The minimum Gasteiger partial charge on any atom is -0.326 e. The van der Waals surface area contributed by atoms with Gasteiger partial charge < -0.3 is 5.32 Å². The molecule has 0 heterocycles. The first-order valence-electron chi connectivity index (χ1n) is 8.67. The van der Waals surface area contributed by atoms with Crippen LogP contribution in [0.3, 0.4) is 0 Å². The first-order chi connectivity index (χ1) is 10.7. The normalized spacial score (nSPS) is 30.0. The Hall–Kier alpha value is -1.64. The Morgan fingerprint density at radius 2 is 1.73 bits per heavy atom. The van der Waals surface area contributed by atoms with E-state index in [1.165, 1.54) is 17.5 Å². The molecule has 3 aliphatic carbocycles. The molecule has 3 aliphatic rings. The van der Waals surface area contributed by atoms with Crippen molar-refractivity contribution in [3.63, 3.8) is 0 Å². The lowest BCUT2D eigenvalue weighted by Gasteiger charge is -2.36. The number of carbonyl (C=O) groups excluding carboxylic acids is 2. The van der Waals surface area contributed by atoms with Gasteiger partial charge >= 0.3 is 0 Å². The SMILES string of the molecule is O=C(Nc1ccc2c(c1)CCC2)C1C[C@H]2CCC[C@@H](C1)C2=O. The van der Waals surface area contributed by atoms with Gasteiger partial charge in [-0.15, -0.1) is 0 Å². The summed E-state index contributed by atoms with van der Waals surface area (Å²) in [4.78, 5) is 24.7. The van der Waals surface area contributed by atoms with Crippen LogP contribution in [0.5, 0.6) is 0 Å². The largest absolute Gasteiger partial charge is 0.326 e. The van der Waals surface area contributed by atoms with E-state index in [4.69, 9.17) is 0 Å². The molecule has 4 rings (SSSR count). The average Bonchev–Trinajstić information content (AvgIpc) is 2.94. The molecule has 0 aromatic heterocycles. The zero-order chi connectivity index (χ0) is 15.1. The number of amides is 1. The molecular weight excluding hydrogens is 274 g/mol. The van der Waals surface area contributed by atoms with Crippen molar-refractivity contribution in [2.45, 2.75) is 51.4 Å². The summed E-state index contributed by atoms with van der Waals surface area (Å²) in [5.41, 5.74) is 3.73. The van der Waals surface area contributed by atoms with Crippen LogP contribution in [0.15, 0.2) is 18.2 Å². The van der Waals surface area contributed by atoms with Crippen LogP contribution in [0.2, 0.25) is 0 Å². The number of aryl methyl sites for hydroxylation is 2. The monoisotopic (exact) mass is 297 g/mol. The van der Waals surface area contributed by atoms with Gasteiger partial charge in [-0.1, -0.05) is 12.5 Å². The van der Waals surface area contributed by atoms with E-state index in [1.807, 2.05) is 6.07 Å². The van der Waals surface area contributed by atoms with E-state index in [0.717, 1.165) is 50.6 Å². The number of hydrogen-bond donors (Lipinski definition) is 1. The number of ketones is 1. The predicted octanol–water partition coefficient (Wildman–Crippen LogP) is 3.51. The van der Waals surface area contributed by atoms with E-state index in [0.29, 0.717) is 5.78 Å². The molecule has 0 saturated heterocycles. The predicted molar refractivity (Wildman–Crippen MR) is 85.7 cm³/mol. The number of hydrogen-bond acceptors (Lipinski definition) is 2. The lowest BCUT2D eigenvalue weighted by Crippen LogP contribution is -2.40. The topological polar surface area (TPSA) is 46.2 Å². The van der Waals surface area contributed by atoms with E-state index in [2.05, 4.69) is 17.4 Å². The third kappa shape index (κ3) is 2.47. The molecular formula is C19H23NO2. The average molecular weight is 297 g/mol. The number of carbonyl (C=O) groups is 2. The standard InChI is InChI=1S/C19H23NO2/c21-18-14-5-2-6-15(18)10-16(9-14)19(22)20-17-8-7-12-3-1-4-13(12)11-17/h7-8,11,14-16H,1-6,9-10H2,(H,20,22)/t14-,15+,16?. The van der Waals surface area contributed by atoms with Gasteiger partial charge in [0, 0.05) is 23.4 Å². The van der Waals surface area contributed by atoms with Crippen molar-refractivity contribution >= 4 is 17.4 Å². The van der Waals surface area contributed by atoms with Gasteiger partial charge in [-0.3, -0.25) is 9.59 Å². The maximum atomic E-state index is 12.6. The van der Waals surface area contributed by atoms with Gasteiger partial charge in [0.1, 0.15) is 5.78 Å². The molecule has 3 heteroatoms. The van der Waals surface area contributed by atoms with Crippen LogP contribution in [0.25, 0.3) is 0 Å². The highest BCUT2D eigenvalue weighted by molar-refractivity contribution is 5.95. The molecule has 2 bridgehead atoms. The molecule has 1 amide bonds. The number of benzene rings is 1. The van der Waals surface area contributed by atoms with Crippen LogP contribution in [-0.4, -0.2) is 11.7 Å². The minimum atomic E-state index is 0.0151. The molecule has 2 saturated carbocycles. The van der Waals surface area contributed by atoms with Crippen molar-refractivity contribution in [3.8, 4) is 0 Å². The summed E-state index contributed by atoms with van der Waals surface area (Å²) in [6.07, 6.45) is 8.15. The summed E-state index contributed by atoms with van der Waals surface area (Å²) in [7, 11) is 0. The highest BCUT2D eigenvalue weighted by Crippen LogP contribution is 2.40. The molecule has 0 radical (unpaired) electrons. The number of anilines is 1. The van der Waals surface area contributed by atoms with Crippen molar-refractivity contribution < 1.29 is 9.59 Å². The van der Waals surface area contributed by atoms with Crippen LogP contribution < -0.4 is 5.32 Å². The summed E-state index contributed by atoms with van der Waals surface area (Å²) >= 11 is 0. The van der Waals surface area contributed by atoms with Gasteiger partial charge in [0.2, 0.25) is 5.91 Å². The molecule has 3 atom stereocenters. The van der Waals surface area contributed by atoms with E-state index < -0.39 is 0 Å². The summed E-state index contributed by atoms with van der Waals surface area (Å²) in [5, 5.41) is 3.10. The fourth-order valence-electron chi connectivity index (χ4n) is 4.59. The van der Waals surface area contributed by atoms with Gasteiger partial charge in [0.05, 0.1) is 0 Å². The fraction of sp³-hybridized carbons (Fsp3) is 0.579. The first-order valence-corrected chi connectivity index (χ1v) is 8.67. The van der Waals surface area contributed by atoms with Crippen molar-refractivity contribution in [2.75, 3.05) is 5.32 Å². The third-order valence-corrected chi connectivity index (χ3v) is 5.78. The van der Waals surface area contributed by atoms with Crippen LogP contribution >= 0.6 is 0 Å². The minimum absolute atomic E-state index is 0.0151. The number of Topliss-reactive ketones (excluding diaryl/α,β-unsaturated/α-hetero) is 1. The summed E-state index contributed by atoms with van der Waals surface area (Å²) < 4.78 is 0. The molecule has 1 N–H and O–H groups in total. The maximum Gasteiger partial charge on any atom is 0.227 e. The first kappa shape index (κ1) is 14.0. The molecule has 2 fully saturated rings. The van der Waals surface area contributed by atoms with Crippen molar-refractivity contribution in [2.24, 2.45) is 17.8 Å². The highest BCUT2D eigenvalue weighted by atomic mass is 16.2. The second-order valence-corrected chi connectivity index (χ2v) is 7.22. The van der Waals surface area contributed by atoms with Crippen molar-refractivity contribution in [3.05, 3.63) is 29.3 Å². The van der Waals surface area contributed by atoms with E-state index >= 15 is 0 Å². The Balaban J connectivity index is 1.45. The Bertz CT molecular complexity index is 606. The van der Waals surface area contributed by atoms with Crippen LogP contribution in [0.1, 0.15) is 49.7 Å². The number of rotatable bonds is 2. The zero-order valence-electron chi connectivity index (χ0n) is 12.9. The van der Waals surface area contributed by atoms with E-state index in [9.17, 15) is 9.59 Å². The van der Waals surface area contributed by atoms with Crippen molar-refractivity contribution in [1.29, 1.82) is 0 Å². The Morgan fingerprint density at radius 3 is 2.50 bits per heavy atom. The van der Waals surface area contributed by atoms with E-state index in [1.54, 1.807) is 0 Å². The summed E-state index contributed by atoms with van der Waals surface area (Å²) in [5.74, 6) is 0.836. The quantitative estimate of drug-likeness (QED) is 0.908. The van der Waals surface area contributed by atoms with Crippen LogP contribution in [0, 0.1) is 17.8 Å². The molecule has 1 unspecified atom stereocenters. The zero-order valence-corrected chi connectivity index (χ0v) is 12.9. The molecule has 22 heavy (non-hydrogen) atoms. The van der Waals surface area contributed by atoms with E-state index in [-0.39, 0.29) is 23.7 Å². The smallest absolute Gasteiger partial charge is 0.227 e. The summed E-state index contributed by atoms with van der Waals surface area (Å²) in [6.45, 7) is 0. The fourth-order valence-corrected chi connectivity index (χ4v) is 4.59. The Kier molecular flexibility index (Phi) is 3.51. The molecule has 0 aliphatic heterocycles. The molecule has 0 spiro atoms.